The van der Waals surface area contributed by atoms with Crippen LogP contribution in [0.1, 0.15) is 49.5 Å². The van der Waals surface area contributed by atoms with E-state index in [0.717, 1.165) is 57.5 Å². The van der Waals surface area contributed by atoms with Crippen LogP contribution in [0.4, 0.5) is 5.69 Å². The number of fused-ring (bicyclic) bond motifs is 2. The molecular weight excluding hydrogens is 450 g/mol. The van der Waals surface area contributed by atoms with E-state index in [0.29, 0.717) is 16.8 Å². The lowest BCUT2D eigenvalue weighted by molar-refractivity contribution is 0.0960. The van der Waals surface area contributed by atoms with Gasteiger partial charge in [-0.3, -0.25) is 9.59 Å². The van der Waals surface area contributed by atoms with Gasteiger partial charge in [-0.25, -0.2) is 4.98 Å². The second-order valence-electron chi connectivity index (χ2n) is 8.79. The number of rotatable bonds is 5. The minimum Gasteiger partial charge on any atom is -0.497 e. The number of amides is 2. The molecule has 4 aromatic rings. The van der Waals surface area contributed by atoms with E-state index < -0.39 is 0 Å². The summed E-state index contributed by atoms with van der Waals surface area (Å²) in [5.74, 6) is 0.419. The largest absolute Gasteiger partial charge is 0.497 e. The van der Waals surface area contributed by atoms with Gasteiger partial charge in [-0.15, -0.1) is 0 Å². The van der Waals surface area contributed by atoms with Crippen LogP contribution in [0.25, 0.3) is 22.6 Å². The molecule has 6 nitrogen and oxygen atoms in total. The first-order valence-electron chi connectivity index (χ1n) is 11.9. The minimum absolute atomic E-state index is 0.188. The van der Waals surface area contributed by atoms with Crippen LogP contribution in [0, 0.1) is 6.92 Å². The highest BCUT2D eigenvalue weighted by molar-refractivity contribution is 6.15. The summed E-state index contributed by atoms with van der Waals surface area (Å²) in [5, 5.41) is 6.53. The van der Waals surface area contributed by atoms with Crippen molar-refractivity contribution in [2.24, 2.45) is 0 Å². The number of aromatic nitrogens is 1. The van der Waals surface area contributed by atoms with Crippen LogP contribution in [-0.2, 0) is 6.42 Å². The zero-order chi connectivity index (χ0) is 25.2. The van der Waals surface area contributed by atoms with Gasteiger partial charge >= 0.3 is 0 Å². The van der Waals surface area contributed by atoms with E-state index in [-0.39, 0.29) is 11.8 Å². The van der Waals surface area contributed by atoms with Crippen LogP contribution in [-0.4, -0.2) is 31.0 Å². The van der Waals surface area contributed by atoms with Gasteiger partial charge in [-0.2, -0.15) is 0 Å². The summed E-state index contributed by atoms with van der Waals surface area (Å²) in [6, 6.07) is 21.0. The number of para-hydroxylation sites is 1. The van der Waals surface area contributed by atoms with Crippen LogP contribution in [0.5, 0.6) is 5.75 Å². The molecule has 0 unspecified atom stereocenters. The van der Waals surface area contributed by atoms with E-state index in [1.54, 1.807) is 26.3 Å². The zero-order valence-corrected chi connectivity index (χ0v) is 20.5. The van der Waals surface area contributed by atoms with Crippen LogP contribution < -0.4 is 15.4 Å². The van der Waals surface area contributed by atoms with Gasteiger partial charge in [0.15, 0.2) is 0 Å². The maximum absolute atomic E-state index is 13.8. The van der Waals surface area contributed by atoms with Crippen LogP contribution >= 0.6 is 0 Å². The molecule has 0 saturated heterocycles. The van der Waals surface area contributed by atoms with Gasteiger partial charge in [-0.05, 0) is 78.4 Å². The molecule has 5 rings (SSSR count). The second kappa shape index (κ2) is 9.66. The number of anilines is 1. The fraction of sp³-hybridized carbons (Fsp3) is 0.167. The van der Waals surface area contributed by atoms with E-state index in [9.17, 15) is 9.59 Å². The fourth-order valence-electron chi connectivity index (χ4n) is 4.78. The number of hydrogen-bond acceptors (Lipinski definition) is 4. The highest BCUT2D eigenvalue weighted by Gasteiger charge is 2.27. The Labute approximate surface area is 210 Å². The smallest absolute Gasteiger partial charge is 0.256 e. The number of methoxy groups -OCH3 is 1. The molecule has 180 valence electrons. The Morgan fingerprint density at radius 2 is 1.72 bits per heavy atom. The van der Waals surface area contributed by atoms with Crippen molar-refractivity contribution in [3.63, 3.8) is 0 Å². The summed E-state index contributed by atoms with van der Waals surface area (Å²) in [5.41, 5.74) is 7.26. The van der Waals surface area contributed by atoms with E-state index in [1.807, 2.05) is 61.5 Å². The highest BCUT2D eigenvalue weighted by atomic mass is 16.5. The minimum atomic E-state index is -0.201. The molecular formula is C30H27N3O3. The summed E-state index contributed by atoms with van der Waals surface area (Å²) in [6.45, 7) is 1.84. The molecule has 0 aliphatic heterocycles. The van der Waals surface area contributed by atoms with Gasteiger partial charge in [0.25, 0.3) is 11.8 Å². The van der Waals surface area contributed by atoms with Crippen molar-refractivity contribution in [1.29, 1.82) is 0 Å². The third kappa shape index (κ3) is 4.22. The quantitative estimate of drug-likeness (QED) is 0.389. The first kappa shape index (κ1) is 23.3. The van der Waals surface area contributed by atoms with Crippen LogP contribution in [0.15, 0.2) is 66.7 Å². The molecule has 3 aromatic carbocycles. The van der Waals surface area contributed by atoms with E-state index in [4.69, 9.17) is 9.72 Å². The Morgan fingerprint density at radius 3 is 2.47 bits per heavy atom. The van der Waals surface area contributed by atoms with Gasteiger partial charge in [0.2, 0.25) is 0 Å². The van der Waals surface area contributed by atoms with Gasteiger partial charge in [0, 0.05) is 23.7 Å². The molecule has 36 heavy (non-hydrogen) atoms. The van der Waals surface area contributed by atoms with Gasteiger partial charge in [0.1, 0.15) is 5.75 Å². The molecule has 1 heterocycles. The number of pyridine rings is 1. The molecule has 0 fully saturated rings. The highest BCUT2D eigenvalue weighted by Crippen LogP contribution is 2.38. The van der Waals surface area contributed by atoms with Gasteiger partial charge < -0.3 is 15.4 Å². The van der Waals surface area contributed by atoms with E-state index in [1.165, 1.54) is 0 Å². The van der Waals surface area contributed by atoms with Crippen molar-refractivity contribution in [3.8, 4) is 5.75 Å². The summed E-state index contributed by atoms with van der Waals surface area (Å²) in [4.78, 5) is 31.0. The van der Waals surface area contributed by atoms with Crippen molar-refractivity contribution < 1.29 is 14.3 Å². The second-order valence-corrected chi connectivity index (χ2v) is 8.79. The number of carbonyl (C=O) groups excluding carboxylic acids is 2. The van der Waals surface area contributed by atoms with Crippen molar-refractivity contribution in [3.05, 3.63) is 100 Å². The standard InChI is InChI=1S/C30H27N3O3/c1-18-22(29(34)31-2)8-6-10-25(18)33-30(35)27-23-7-4-5-9-26(23)32-28-20(13-16-24(27)28)17-19-11-14-21(36-3)15-12-19/h4-12,14-15,17H,13,16H2,1-3H3,(H,31,34)(H,33,35)/b20-17-. The normalized spacial score (nSPS) is 13.5. The first-order valence-corrected chi connectivity index (χ1v) is 11.9. The van der Waals surface area contributed by atoms with Crippen molar-refractivity contribution in [1.82, 2.24) is 10.3 Å². The number of allylic oxidation sites excluding steroid dienone is 1. The topological polar surface area (TPSA) is 80.3 Å². The number of nitrogens with one attached hydrogen (secondary N) is 2. The monoisotopic (exact) mass is 477 g/mol. The average molecular weight is 478 g/mol. The molecule has 2 amide bonds. The lowest BCUT2D eigenvalue weighted by Crippen LogP contribution is -2.21. The summed E-state index contributed by atoms with van der Waals surface area (Å²) < 4.78 is 5.27. The lowest BCUT2D eigenvalue weighted by Gasteiger charge is -2.15. The Kier molecular flexibility index (Phi) is 6.25. The molecule has 1 aliphatic rings. The number of carbonyl (C=O) groups is 2. The van der Waals surface area contributed by atoms with Crippen LogP contribution in [0.3, 0.4) is 0 Å². The molecule has 1 aromatic heterocycles. The molecule has 6 heteroatoms. The van der Waals surface area contributed by atoms with Gasteiger partial charge in [0.05, 0.1) is 23.9 Å². The first-order chi connectivity index (χ1) is 17.5. The Hall–Kier alpha value is -4.45. The Morgan fingerprint density at radius 1 is 0.944 bits per heavy atom. The fourth-order valence-corrected chi connectivity index (χ4v) is 4.78. The third-order valence-corrected chi connectivity index (χ3v) is 6.68. The average Bonchev–Trinajstić information content (AvgIpc) is 3.30. The summed E-state index contributed by atoms with van der Waals surface area (Å²) in [6.07, 6.45) is 3.66. The number of ether oxygens (including phenoxy) is 1. The zero-order valence-electron chi connectivity index (χ0n) is 20.5. The molecule has 0 radical (unpaired) electrons. The number of hydrogen-bond donors (Lipinski definition) is 2. The van der Waals surface area contributed by atoms with Crippen molar-refractivity contribution in [2.75, 3.05) is 19.5 Å². The van der Waals surface area contributed by atoms with E-state index in [2.05, 4.69) is 16.7 Å². The molecule has 0 saturated carbocycles. The Balaban J connectivity index is 1.58. The number of benzene rings is 3. The number of nitrogens with zero attached hydrogens (tertiary/aromatic N) is 1. The third-order valence-electron chi connectivity index (χ3n) is 6.68. The molecule has 0 bridgehead atoms. The maximum atomic E-state index is 13.8. The Bertz CT molecular complexity index is 1520. The lowest BCUT2D eigenvalue weighted by atomic mass is 9.99. The predicted molar refractivity (Wildman–Crippen MR) is 143 cm³/mol. The van der Waals surface area contributed by atoms with Crippen molar-refractivity contribution in [2.45, 2.75) is 19.8 Å². The summed E-state index contributed by atoms with van der Waals surface area (Å²) in [7, 11) is 3.25. The van der Waals surface area contributed by atoms with Gasteiger partial charge in [-0.1, -0.05) is 36.4 Å². The maximum Gasteiger partial charge on any atom is 0.256 e. The molecule has 2 N–H and O–H groups in total. The molecule has 0 atom stereocenters. The molecule has 1 aliphatic carbocycles. The summed E-state index contributed by atoms with van der Waals surface area (Å²) >= 11 is 0. The predicted octanol–water partition coefficient (Wildman–Crippen LogP) is 5.65. The SMILES string of the molecule is CNC(=O)c1cccc(NC(=O)c2c3c(nc4ccccc24)/C(=C\c2ccc(OC)cc2)CC3)c1C. The van der Waals surface area contributed by atoms with E-state index >= 15 is 0 Å². The molecule has 0 spiro atoms. The van der Waals surface area contributed by atoms with Crippen molar-refractivity contribution >= 4 is 40.1 Å². The van der Waals surface area contributed by atoms with Crippen LogP contribution in [0.2, 0.25) is 0 Å².